The van der Waals surface area contributed by atoms with E-state index in [4.69, 9.17) is 16.3 Å². The van der Waals surface area contributed by atoms with E-state index < -0.39 is 0 Å². The van der Waals surface area contributed by atoms with Crippen molar-refractivity contribution in [3.8, 4) is 5.75 Å². The van der Waals surface area contributed by atoms with Gasteiger partial charge in [0.25, 0.3) is 0 Å². The quantitative estimate of drug-likeness (QED) is 0.592. The number of amides is 1. The highest BCUT2D eigenvalue weighted by Crippen LogP contribution is 2.23. The van der Waals surface area contributed by atoms with Crippen LogP contribution in [0.1, 0.15) is 24.0 Å². The Bertz CT molecular complexity index is 762. The van der Waals surface area contributed by atoms with Gasteiger partial charge in [-0.3, -0.25) is 4.79 Å². The van der Waals surface area contributed by atoms with Gasteiger partial charge in [-0.1, -0.05) is 48.0 Å². The maximum atomic E-state index is 12.5. The number of ether oxygens (including phenoxy) is 1. The summed E-state index contributed by atoms with van der Waals surface area (Å²) >= 11 is 6.07. The van der Waals surface area contributed by atoms with Crippen LogP contribution in [0.4, 0.5) is 0 Å². The lowest BCUT2D eigenvalue weighted by Crippen LogP contribution is -2.30. The van der Waals surface area contributed by atoms with E-state index in [1.807, 2.05) is 31.3 Å². The van der Waals surface area contributed by atoms with Crippen LogP contribution < -0.4 is 10.1 Å². The molecular formula is C23H30Cl2N2O2. The van der Waals surface area contributed by atoms with E-state index in [-0.39, 0.29) is 18.3 Å². The van der Waals surface area contributed by atoms with Gasteiger partial charge in [0, 0.05) is 13.6 Å². The standard InChI is InChI=1S/C23H29ClN2O2.ClH/c1-26(13-4-14-28-22-6-3-2-5-21(22)24)23(27)16-19-9-7-18(8-10-19)15-20-11-12-25-17-20;/h2-3,5-10,20,25H,4,11-17H2,1H3;1H. The molecule has 4 nitrogen and oxygen atoms in total. The first-order chi connectivity index (χ1) is 13.6. The van der Waals surface area contributed by atoms with Crippen LogP contribution in [-0.2, 0) is 17.6 Å². The Morgan fingerprint density at radius 3 is 2.59 bits per heavy atom. The number of carbonyl (C=O) groups is 1. The Kier molecular flexibility index (Phi) is 9.79. The van der Waals surface area contributed by atoms with Crippen LogP contribution in [0.3, 0.4) is 0 Å². The Morgan fingerprint density at radius 1 is 1.17 bits per heavy atom. The van der Waals surface area contributed by atoms with Gasteiger partial charge >= 0.3 is 0 Å². The summed E-state index contributed by atoms with van der Waals surface area (Å²) in [5.74, 6) is 1.56. The van der Waals surface area contributed by atoms with Crippen LogP contribution in [0.25, 0.3) is 0 Å². The van der Waals surface area contributed by atoms with Crippen LogP contribution in [0.2, 0.25) is 5.02 Å². The second-order valence-corrected chi connectivity index (χ2v) is 7.91. The summed E-state index contributed by atoms with van der Waals surface area (Å²) in [5.41, 5.74) is 2.42. The van der Waals surface area contributed by atoms with E-state index in [0.717, 1.165) is 37.4 Å². The lowest BCUT2D eigenvalue weighted by atomic mass is 9.97. The zero-order valence-electron chi connectivity index (χ0n) is 16.9. The van der Waals surface area contributed by atoms with Crippen molar-refractivity contribution >= 4 is 29.9 Å². The summed E-state index contributed by atoms with van der Waals surface area (Å²) in [5, 5.41) is 4.02. The van der Waals surface area contributed by atoms with E-state index in [0.29, 0.717) is 30.3 Å². The molecule has 0 aromatic heterocycles. The van der Waals surface area contributed by atoms with Crippen LogP contribution in [0, 0.1) is 5.92 Å². The van der Waals surface area contributed by atoms with Crippen molar-refractivity contribution in [2.45, 2.75) is 25.7 Å². The molecule has 2 aromatic rings. The van der Waals surface area contributed by atoms with Crippen molar-refractivity contribution in [3.05, 3.63) is 64.7 Å². The van der Waals surface area contributed by atoms with Crippen LogP contribution in [0.15, 0.2) is 48.5 Å². The third-order valence-electron chi connectivity index (χ3n) is 5.22. The molecule has 1 unspecified atom stereocenters. The number of hydrogen-bond acceptors (Lipinski definition) is 3. The monoisotopic (exact) mass is 436 g/mol. The number of nitrogens with one attached hydrogen (secondary N) is 1. The zero-order valence-corrected chi connectivity index (χ0v) is 18.5. The fraction of sp³-hybridized carbons (Fsp3) is 0.435. The number of hydrogen-bond donors (Lipinski definition) is 1. The predicted octanol–water partition coefficient (Wildman–Crippen LogP) is 4.38. The molecule has 0 aliphatic carbocycles. The third-order valence-corrected chi connectivity index (χ3v) is 5.54. The fourth-order valence-corrected chi connectivity index (χ4v) is 3.69. The van der Waals surface area contributed by atoms with Crippen molar-refractivity contribution in [3.63, 3.8) is 0 Å². The molecule has 1 amide bonds. The highest BCUT2D eigenvalue weighted by molar-refractivity contribution is 6.32. The van der Waals surface area contributed by atoms with Gasteiger partial charge < -0.3 is 15.0 Å². The van der Waals surface area contributed by atoms with E-state index >= 15 is 0 Å². The maximum absolute atomic E-state index is 12.5. The molecule has 6 heteroatoms. The first-order valence-electron chi connectivity index (χ1n) is 10.0. The van der Waals surface area contributed by atoms with E-state index in [1.54, 1.807) is 4.90 Å². The minimum atomic E-state index is 0. The molecule has 1 aliphatic heterocycles. The van der Waals surface area contributed by atoms with Crippen LogP contribution in [-0.4, -0.2) is 44.1 Å². The minimum Gasteiger partial charge on any atom is -0.492 e. The van der Waals surface area contributed by atoms with Gasteiger partial charge in [-0.25, -0.2) is 0 Å². The number of benzene rings is 2. The summed E-state index contributed by atoms with van der Waals surface area (Å²) in [4.78, 5) is 14.2. The molecule has 0 bridgehead atoms. The van der Waals surface area contributed by atoms with Crippen molar-refractivity contribution in [2.24, 2.45) is 5.92 Å². The second kappa shape index (κ2) is 12.1. The van der Waals surface area contributed by atoms with Crippen molar-refractivity contribution in [2.75, 3.05) is 33.3 Å². The predicted molar refractivity (Wildman–Crippen MR) is 121 cm³/mol. The van der Waals surface area contributed by atoms with Crippen LogP contribution in [0.5, 0.6) is 5.75 Å². The van der Waals surface area contributed by atoms with Gasteiger partial charge in [-0.2, -0.15) is 0 Å². The number of halogens is 2. The van der Waals surface area contributed by atoms with E-state index in [9.17, 15) is 4.79 Å². The molecule has 1 N–H and O–H groups in total. The zero-order chi connectivity index (χ0) is 19.8. The molecule has 1 atom stereocenters. The van der Waals surface area contributed by atoms with Crippen molar-refractivity contribution in [1.29, 1.82) is 0 Å². The molecule has 158 valence electrons. The van der Waals surface area contributed by atoms with Gasteiger partial charge in [0.15, 0.2) is 0 Å². The lowest BCUT2D eigenvalue weighted by molar-refractivity contribution is -0.129. The second-order valence-electron chi connectivity index (χ2n) is 7.50. The van der Waals surface area contributed by atoms with Gasteiger partial charge in [0.2, 0.25) is 5.91 Å². The Balaban J connectivity index is 0.00000300. The first-order valence-corrected chi connectivity index (χ1v) is 10.4. The molecular weight excluding hydrogens is 407 g/mol. The molecule has 1 heterocycles. The third kappa shape index (κ3) is 7.54. The van der Waals surface area contributed by atoms with Gasteiger partial charge in [0.1, 0.15) is 5.75 Å². The highest BCUT2D eigenvalue weighted by atomic mass is 35.5. The minimum absolute atomic E-state index is 0. The topological polar surface area (TPSA) is 41.6 Å². The maximum Gasteiger partial charge on any atom is 0.226 e. The smallest absolute Gasteiger partial charge is 0.226 e. The van der Waals surface area contributed by atoms with Gasteiger partial charge in [-0.15, -0.1) is 12.4 Å². The molecule has 1 fully saturated rings. The Morgan fingerprint density at radius 2 is 1.90 bits per heavy atom. The Hall–Kier alpha value is -1.75. The lowest BCUT2D eigenvalue weighted by Gasteiger charge is -2.18. The number of rotatable bonds is 9. The number of carbonyl (C=O) groups excluding carboxylic acids is 1. The molecule has 0 radical (unpaired) electrons. The summed E-state index contributed by atoms with van der Waals surface area (Å²) in [6, 6.07) is 15.9. The largest absolute Gasteiger partial charge is 0.492 e. The Labute approximate surface area is 185 Å². The first kappa shape index (κ1) is 23.5. The number of para-hydroxylation sites is 1. The molecule has 0 spiro atoms. The fourth-order valence-electron chi connectivity index (χ4n) is 3.50. The molecule has 0 saturated carbocycles. The van der Waals surface area contributed by atoms with Crippen molar-refractivity contribution in [1.82, 2.24) is 10.2 Å². The average Bonchev–Trinajstić information content (AvgIpc) is 3.21. The summed E-state index contributed by atoms with van der Waals surface area (Å²) in [7, 11) is 1.85. The van der Waals surface area contributed by atoms with Crippen LogP contribution >= 0.6 is 24.0 Å². The molecule has 3 rings (SSSR count). The molecule has 29 heavy (non-hydrogen) atoms. The average molecular weight is 437 g/mol. The van der Waals surface area contributed by atoms with E-state index in [2.05, 4.69) is 29.6 Å². The van der Waals surface area contributed by atoms with Gasteiger partial charge in [-0.05, 0) is 61.5 Å². The molecule has 1 aliphatic rings. The van der Waals surface area contributed by atoms with E-state index in [1.165, 1.54) is 12.0 Å². The molecule has 1 saturated heterocycles. The van der Waals surface area contributed by atoms with Gasteiger partial charge in [0.05, 0.1) is 18.1 Å². The number of nitrogens with zero attached hydrogens (tertiary/aromatic N) is 1. The van der Waals surface area contributed by atoms with Crippen molar-refractivity contribution < 1.29 is 9.53 Å². The highest BCUT2D eigenvalue weighted by Gasteiger charge is 2.15. The SMILES string of the molecule is CN(CCCOc1ccccc1Cl)C(=O)Cc1ccc(CC2CCNC2)cc1.Cl. The summed E-state index contributed by atoms with van der Waals surface area (Å²) in [6.45, 7) is 3.44. The number of likely N-dealkylation sites (N-methyl/N-ethyl adjacent to an activating group) is 1. The summed E-state index contributed by atoms with van der Waals surface area (Å²) in [6.07, 6.45) is 3.58. The normalized spacial score (nSPS) is 15.6. The summed E-state index contributed by atoms with van der Waals surface area (Å²) < 4.78 is 5.68. The molecule has 2 aromatic carbocycles.